The van der Waals surface area contributed by atoms with Crippen LogP contribution in [0.15, 0.2) is 115 Å². The lowest BCUT2D eigenvalue weighted by atomic mass is 9.77. The quantitative estimate of drug-likeness (QED) is 0.0230. The van der Waals surface area contributed by atoms with E-state index >= 15 is 4.39 Å². The van der Waals surface area contributed by atoms with Crippen LogP contribution in [0.2, 0.25) is 0 Å². The highest BCUT2D eigenvalue weighted by Crippen LogP contribution is 2.44. The van der Waals surface area contributed by atoms with Crippen LogP contribution in [0, 0.1) is 17.2 Å². The predicted octanol–water partition coefficient (Wildman–Crippen LogP) is 10.8. The van der Waals surface area contributed by atoms with Crippen LogP contribution in [-0.4, -0.2) is 82.4 Å². The van der Waals surface area contributed by atoms with Gasteiger partial charge in [0.15, 0.2) is 0 Å². The van der Waals surface area contributed by atoms with Gasteiger partial charge in [-0.05, 0) is 99.7 Å². The zero-order chi connectivity index (χ0) is 54.7. The summed E-state index contributed by atoms with van der Waals surface area (Å²) in [7, 11) is 2.22. The van der Waals surface area contributed by atoms with E-state index in [-0.39, 0.29) is 67.7 Å². The van der Waals surface area contributed by atoms with Crippen molar-refractivity contribution in [3.8, 4) is 39.5 Å². The molecule has 0 N–H and O–H groups in total. The lowest BCUT2D eigenvalue weighted by Crippen LogP contribution is -2.44. The minimum Gasteiger partial charge on any atom is -0.493 e. The Hall–Kier alpha value is -7.62. The second-order valence-corrected chi connectivity index (χ2v) is 18.7. The SMILES string of the molecule is C=C(C)C(=O)OCC(COC(=O)CC(=C)C(=O)OC)(COC(=O)CC(=C)C(=O)OC)COc1ccc(-c2cc(OC(=O)C(=C)C)c(-c3ccc(C4CCC(CCCCC)CC4)cc3F)cc2OC(=O)C(=C)C)cc1. The van der Waals surface area contributed by atoms with E-state index in [0.29, 0.717) is 11.5 Å². The maximum Gasteiger partial charge on any atom is 0.338 e. The molecular formula is C58H67FO15. The summed E-state index contributed by atoms with van der Waals surface area (Å²) in [5.74, 6) is -5.53. The number of methoxy groups -OCH3 is 2. The van der Waals surface area contributed by atoms with E-state index in [1.54, 1.807) is 18.2 Å². The Morgan fingerprint density at radius 3 is 1.57 bits per heavy atom. The molecule has 0 aromatic heterocycles. The molecule has 0 aliphatic heterocycles. The Balaban J connectivity index is 1.74. The standard InChI is InChI=1S/C58H67FO15/c1-12-13-14-15-40-16-18-41(19-17-40)43-22-25-45(48(59)28-43)47-30-49(73-54(63)36(4)5)46(29-50(47)74-55(64)37(6)7)42-20-23-44(24-21-42)69-31-58(34-72-53(62)35(2)3,32-70-51(60)26-38(8)56(65)67-10)33-71-52(61)27-39(9)57(66)68-11/h20-25,28-30,40-41H,2,4,6,8-9,12-19,26-27,31-34H2,1,3,5,7,10-11H3. The van der Waals surface area contributed by atoms with Crippen molar-refractivity contribution in [2.45, 2.75) is 97.8 Å². The van der Waals surface area contributed by atoms with Gasteiger partial charge in [0.2, 0.25) is 0 Å². The summed E-state index contributed by atoms with van der Waals surface area (Å²) in [4.78, 5) is 88.9. The van der Waals surface area contributed by atoms with Gasteiger partial charge >= 0.3 is 41.8 Å². The molecule has 3 aromatic rings. The number of benzene rings is 3. The second-order valence-electron chi connectivity index (χ2n) is 18.7. The van der Waals surface area contributed by atoms with Crippen molar-refractivity contribution >= 4 is 41.8 Å². The number of hydrogen-bond acceptors (Lipinski definition) is 15. The molecule has 3 aromatic carbocycles. The molecule has 0 spiro atoms. The molecule has 0 heterocycles. The topological polar surface area (TPSA) is 193 Å². The second kappa shape index (κ2) is 28.0. The largest absolute Gasteiger partial charge is 0.493 e. The van der Waals surface area contributed by atoms with Crippen molar-refractivity contribution in [1.82, 2.24) is 0 Å². The first-order valence-corrected chi connectivity index (χ1v) is 24.2. The van der Waals surface area contributed by atoms with Crippen LogP contribution in [0.3, 0.4) is 0 Å². The van der Waals surface area contributed by atoms with Crippen LogP contribution < -0.4 is 14.2 Å². The van der Waals surface area contributed by atoms with Crippen LogP contribution >= 0.6 is 0 Å². The minimum absolute atomic E-state index is 0.0200. The van der Waals surface area contributed by atoms with Gasteiger partial charge in [0.25, 0.3) is 0 Å². The van der Waals surface area contributed by atoms with E-state index in [2.05, 4.69) is 49.3 Å². The van der Waals surface area contributed by atoms with Gasteiger partial charge in [-0.25, -0.2) is 28.4 Å². The molecule has 4 rings (SSSR count). The summed E-state index contributed by atoms with van der Waals surface area (Å²) in [6.45, 7) is 22.4. The van der Waals surface area contributed by atoms with E-state index in [1.165, 1.54) is 76.8 Å². The lowest BCUT2D eigenvalue weighted by molar-refractivity contribution is -0.163. The molecule has 15 nitrogen and oxygen atoms in total. The lowest BCUT2D eigenvalue weighted by Gasteiger charge is -2.32. The third kappa shape index (κ3) is 17.3. The highest BCUT2D eigenvalue weighted by molar-refractivity contribution is 5.95. The zero-order valence-corrected chi connectivity index (χ0v) is 43.3. The number of esters is 7. The Kier molecular flexibility index (Phi) is 22.3. The first kappa shape index (κ1) is 58.9. The molecule has 0 radical (unpaired) electrons. The van der Waals surface area contributed by atoms with E-state index in [1.807, 2.05) is 6.07 Å². The average Bonchev–Trinajstić information content (AvgIpc) is 3.38. The molecule has 396 valence electrons. The van der Waals surface area contributed by atoms with Crippen LogP contribution in [-0.2, 0) is 57.2 Å². The number of carbonyl (C=O) groups excluding carboxylic acids is 7. The third-order valence-electron chi connectivity index (χ3n) is 12.3. The molecule has 1 aliphatic rings. The van der Waals surface area contributed by atoms with Gasteiger partial charge in [0.05, 0.1) is 27.1 Å². The maximum atomic E-state index is 16.5. The number of rotatable bonds is 27. The smallest absolute Gasteiger partial charge is 0.338 e. The monoisotopic (exact) mass is 1020 g/mol. The normalized spacial score (nSPS) is 14.0. The van der Waals surface area contributed by atoms with E-state index in [4.69, 9.17) is 28.4 Å². The van der Waals surface area contributed by atoms with E-state index in [0.717, 1.165) is 45.5 Å². The Morgan fingerprint density at radius 1 is 0.581 bits per heavy atom. The molecule has 16 heteroatoms. The van der Waals surface area contributed by atoms with Gasteiger partial charge in [0, 0.05) is 44.6 Å². The van der Waals surface area contributed by atoms with Crippen molar-refractivity contribution in [3.05, 3.63) is 127 Å². The minimum atomic E-state index is -1.64. The van der Waals surface area contributed by atoms with Crippen LogP contribution in [0.4, 0.5) is 4.39 Å². The molecule has 0 amide bonds. The molecule has 0 bridgehead atoms. The Bertz CT molecular complexity index is 2590. The Labute approximate surface area is 432 Å². The van der Waals surface area contributed by atoms with Crippen molar-refractivity contribution < 1.29 is 75.8 Å². The van der Waals surface area contributed by atoms with Gasteiger partial charge in [-0.2, -0.15) is 0 Å². The number of carbonyl (C=O) groups is 7. The summed E-state index contributed by atoms with van der Waals surface area (Å²) < 4.78 is 60.1. The molecule has 74 heavy (non-hydrogen) atoms. The van der Waals surface area contributed by atoms with Gasteiger partial charge in [-0.1, -0.05) is 89.8 Å². The van der Waals surface area contributed by atoms with Gasteiger partial charge in [0.1, 0.15) is 54.9 Å². The van der Waals surface area contributed by atoms with E-state index in [9.17, 15) is 33.6 Å². The van der Waals surface area contributed by atoms with Crippen molar-refractivity contribution in [2.24, 2.45) is 11.3 Å². The van der Waals surface area contributed by atoms with Crippen LogP contribution in [0.1, 0.15) is 103 Å². The molecule has 0 atom stereocenters. The summed E-state index contributed by atoms with van der Waals surface area (Å²) in [6.07, 6.45) is 7.77. The Morgan fingerprint density at radius 2 is 1.08 bits per heavy atom. The third-order valence-corrected chi connectivity index (χ3v) is 12.3. The summed E-state index contributed by atoms with van der Waals surface area (Å²) in [5, 5.41) is 0. The van der Waals surface area contributed by atoms with Crippen molar-refractivity contribution in [1.29, 1.82) is 0 Å². The molecular weight excluding hydrogens is 956 g/mol. The van der Waals surface area contributed by atoms with Gasteiger partial charge < -0.3 is 37.9 Å². The highest BCUT2D eigenvalue weighted by atomic mass is 19.1. The summed E-state index contributed by atoms with van der Waals surface area (Å²) in [5.41, 5.74) is -0.133. The van der Waals surface area contributed by atoms with Gasteiger partial charge in [-0.15, -0.1) is 0 Å². The fourth-order valence-corrected chi connectivity index (χ4v) is 7.92. The van der Waals surface area contributed by atoms with Crippen molar-refractivity contribution in [2.75, 3.05) is 40.6 Å². The molecule has 1 saturated carbocycles. The number of hydrogen-bond donors (Lipinski definition) is 0. The molecule has 0 unspecified atom stereocenters. The van der Waals surface area contributed by atoms with E-state index < -0.39 is 92.3 Å². The predicted molar refractivity (Wildman–Crippen MR) is 274 cm³/mol. The summed E-state index contributed by atoms with van der Waals surface area (Å²) in [6, 6.07) is 14.1. The number of ether oxygens (including phenoxy) is 8. The fourth-order valence-electron chi connectivity index (χ4n) is 7.92. The number of unbranched alkanes of at least 4 members (excludes halogenated alkanes) is 2. The highest BCUT2D eigenvalue weighted by Gasteiger charge is 2.38. The maximum absolute atomic E-state index is 16.5. The first-order valence-electron chi connectivity index (χ1n) is 24.2. The fraction of sp³-hybridized carbons (Fsp3) is 0.397. The van der Waals surface area contributed by atoms with Gasteiger partial charge in [-0.3, -0.25) is 9.59 Å². The van der Waals surface area contributed by atoms with Crippen LogP contribution in [0.5, 0.6) is 17.2 Å². The first-order chi connectivity index (χ1) is 35.1. The molecule has 1 fully saturated rings. The zero-order valence-electron chi connectivity index (χ0n) is 43.3. The summed E-state index contributed by atoms with van der Waals surface area (Å²) >= 11 is 0. The molecule has 0 saturated heterocycles. The average molecular weight is 1020 g/mol. The number of halogens is 1. The molecule has 1 aliphatic carbocycles. The van der Waals surface area contributed by atoms with Crippen molar-refractivity contribution in [3.63, 3.8) is 0 Å². The van der Waals surface area contributed by atoms with Crippen LogP contribution in [0.25, 0.3) is 22.3 Å².